The van der Waals surface area contributed by atoms with Gasteiger partial charge in [0.2, 0.25) is 0 Å². The number of rotatable bonds is 2. The molecule has 0 fully saturated rings. The van der Waals surface area contributed by atoms with E-state index in [1.165, 1.54) is 6.07 Å². The Labute approximate surface area is 101 Å². The van der Waals surface area contributed by atoms with Crippen molar-refractivity contribution in [2.24, 2.45) is 5.73 Å². The summed E-state index contributed by atoms with van der Waals surface area (Å²) in [4.78, 5) is 7.50. The Morgan fingerprint density at radius 3 is 2.75 bits per heavy atom. The molecule has 3 nitrogen and oxygen atoms in total. The van der Waals surface area contributed by atoms with Gasteiger partial charge < -0.3 is 10.7 Å². The fraction of sp³-hybridized carbons (Fsp3) is 0.364. The number of H-pyrrole nitrogens is 1. The lowest BCUT2D eigenvalue weighted by Gasteiger charge is -2.11. The highest BCUT2D eigenvalue weighted by molar-refractivity contribution is 9.10. The van der Waals surface area contributed by atoms with Gasteiger partial charge in [0, 0.05) is 18.0 Å². The molecule has 1 aromatic carbocycles. The van der Waals surface area contributed by atoms with Crippen LogP contribution >= 0.6 is 15.9 Å². The average Bonchev–Trinajstić information content (AvgIpc) is 2.60. The minimum Gasteiger partial charge on any atom is -0.342 e. The highest BCUT2D eigenvalue weighted by atomic mass is 79.9. The van der Waals surface area contributed by atoms with Crippen molar-refractivity contribution in [3.8, 4) is 0 Å². The van der Waals surface area contributed by atoms with Crippen LogP contribution in [0.5, 0.6) is 0 Å². The smallest absolute Gasteiger partial charge is 0.139 e. The summed E-state index contributed by atoms with van der Waals surface area (Å²) in [6.07, 6.45) is 0. The minimum absolute atomic E-state index is 0.00819. The number of fused-ring (bicyclic) bond motifs is 1. The number of imidazole rings is 1. The van der Waals surface area contributed by atoms with E-state index in [9.17, 15) is 4.39 Å². The van der Waals surface area contributed by atoms with E-state index >= 15 is 0 Å². The normalized spacial score (nSPS) is 15.3. The quantitative estimate of drug-likeness (QED) is 0.891. The third-order valence-electron chi connectivity index (χ3n) is 2.76. The van der Waals surface area contributed by atoms with Gasteiger partial charge in [0.1, 0.15) is 11.6 Å². The van der Waals surface area contributed by atoms with Gasteiger partial charge in [0.25, 0.3) is 0 Å². The number of halogens is 2. The number of nitrogens with one attached hydrogen (secondary N) is 1. The Morgan fingerprint density at radius 1 is 1.44 bits per heavy atom. The zero-order chi connectivity index (χ0) is 11.9. The van der Waals surface area contributed by atoms with Crippen LogP contribution < -0.4 is 5.73 Å². The molecule has 3 N–H and O–H groups in total. The van der Waals surface area contributed by atoms with Crippen LogP contribution in [-0.2, 0) is 0 Å². The molecule has 2 unspecified atom stereocenters. The Kier molecular flexibility index (Phi) is 2.99. The van der Waals surface area contributed by atoms with Crippen LogP contribution in [0.3, 0.4) is 0 Å². The fourth-order valence-corrected chi connectivity index (χ4v) is 1.82. The van der Waals surface area contributed by atoms with Gasteiger partial charge >= 0.3 is 0 Å². The van der Waals surface area contributed by atoms with Crippen molar-refractivity contribution in [1.29, 1.82) is 0 Å². The number of aromatic nitrogens is 2. The van der Waals surface area contributed by atoms with Crippen molar-refractivity contribution in [2.75, 3.05) is 0 Å². The molecule has 0 saturated carbocycles. The lowest BCUT2D eigenvalue weighted by molar-refractivity contribution is 0.588. The first kappa shape index (κ1) is 11.5. The standard InChI is InChI=1S/C11H13BrFN3/c1-5(6(2)14)11-15-9-3-7(12)8(13)4-10(9)16-11/h3-6H,14H2,1-2H3,(H,15,16). The lowest BCUT2D eigenvalue weighted by Crippen LogP contribution is -2.23. The van der Waals surface area contributed by atoms with Gasteiger partial charge in [0.15, 0.2) is 0 Å². The molecule has 2 atom stereocenters. The highest BCUT2D eigenvalue weighted by Crippen LogP contribution is 2.24. The van der Waals surface area contributed by atoms with Crippen LogP contribution in [0.2, 0.25) is 0 Å². The minimum atomic E-state index is -0.295. The summed E-state index contributed by atoms with van der Waals surface area (Å²) >= 11 is 3.14. The average molecular weight is 286 g/mol. The van der Waals surface area contributed by atoms with Crippen LogP contribution in [0.4, 0.5) is 4.39 Å². The second kappa shape index (κ2) is 4.14. The maximum absolute atomic E-state index is 13.3. The molecule has 0 aliphatic rings. The van der Waals surface area contributed by atoms with Crippen molar-refractivity contribution in [2.45, 2.75) is 25.8 Å². The van der Waals surface area contributed by atoms with E-state index in [1.54, 1.807) is 6.07 Å². The molecule has 1 aromatic heterocycles. The molecule has 5 heteroatoms. The van der Waals surface area contributed by atoms with Crippen LogP contribution in [-0.4, -0.2) is 16.0 Å². The summed E-state index contributed by atoms with van der Waals surface area (Å²) in [5.41, 5.74) is 7.25. The molecular formula is C11H13BrFN3. The van der Waals surface area contributed by atoms with E-state index in [0.29, 0.717) is 9.99 Å². The van der Waals surface area contributed by atoms with Crippen molar-refractivity contribution in [1.82, 2.24) is 9.97 Å². The third kappa shape index (κ3) is 1.97. The van der Waals surface area contributed by atoms with Crippen LogP contribution in [0, 0.1) is 5.82 Å². The van der Waals surface area contributed by atoms with Gasteiger partial charge in [-0.1, -0.05) is 6.92 Å². The molecule has 0 bridgehead atoms. The van der Waals surface area contributed by atoms with Gasteiger partial charge in [-0.3, -0.25) is 0 Å². The molecule has 86 valence electrons. The van der Waals surface area contributed by atoms with Crippen LogP contribution in [0.25, 0.3) is 11.0 Å². The summed E-state index contributed by atoms with van der Waals surface area (Å²) in [7, 11) is 0. The first-order valence-electron chi connectivity index (χ1n) is 5.09. The molecule has 0 spiro atoms. The van der Waals surface area contributed by atoms with Gasteiger partial charge in [-0.05, 0) is 28.9 Å². The van der Waals surface area contributed by atoms with E-state index < -0.39 is 0 Å². The monoisotopic (exact) mass is 285 g/mol. The van der Waals surface area contributed by atoms with E-state index in [2.05, 4.69) is 25.9 Å². The number of benzene rings is 1. The first-order chi connectivity index (χ1) is 7.49. The molecule has 0 radical (unpaired) electrons. The predicted octanol–water partition coefficient (Wildman–Crippen LogP) is 2.92. The molecule has 0 aliphatic heterocycles. The molecule has 0 aliphatic carbocycles. The van der Waals surface area contributed by atoms with Gasteiger partial charge in [-0.15, -0.1) is 0 Å². The Morgan fingerprint density at radius 2 is 2.12 bits per heavy atom. The number of hydrogen-bond acceptors (Lipinski definition) is 2. The first-order valence-corrected chi connectivity index (χ1v) is 5.88. The number of nitrogens with zero attached hydrogens (tertiary/aromatic N) is 1. The van der Waals surface area contributed by atoms with Gasteiger partial charge in [0.05, 0.1) is 15.5 Å². The van der Waals surface area contributed by atoms with Crippen molar-refractivity contribution >= 4 is 27.0 Å². The molecule has 0 saturated heterocycles. The second-order valence-electron chi connectivity index (χ2n) is 4.05. The molecule has 1 heterocycles. The van der Waals surface area contributed by atoms with Gasteiger partial charge in [-0.25, -0.2) is 9.37 Å². The topological polar surface area (TPSA) is 54.7 Å². The second-order valence-corrected chi connectivity index (χ2v) is 4.91. The molecule has 2 rings (SSSR count). The zero-order valence-electron chi connectivity index (χ0n) is 9.09. The maximum Gasteiger partial charge on any atom is 0.139 e. The van der Waals surface area contributed by atoms with Crippen molar-refractivity contribution < 1.29 is 4.39 Å². The number of nitrogens with two attached hydrogens (primary N) is 1. The van der Waals surface area contributed by atoms with E-state index in [0.717, 1.165) is 11.3 Å². The zero-order valence-corrected chi connectivity index (χ0v) is 10.7. The number of hydrogen-bond donors (Lipinski definition) is 2. The molecule has 0 amide bonds. The van der Waals surface area contributed by atoms with Crippen molar-refractivity contribution in [3.05, 3.63) is 28.2 Å². The summed E-state index contributed by atoms with van der Waals surface area (Å²) in [6, 6.07) is 3.11. The van der Waals surface area contributed by atoms with E-state index in [1.807, 2.05) is 13.8 Å². The summed E-state index contributed by atoms with van der Waals surface area (Å²) in [5, 5.41) is 0. The summed E-state index contributed by atoms with van der Waals surface area (Å²) in [5.74, 6) is 0.618. The largest absolute Gasteiger partial charge is 0.342 e. The highest BCUT2D eigenvalue weighted by Gasteiger charge is 2.15. The summed E-state index contributed by atoms with van der Waals surface area (Å²) in [6.45, 7) is 3.92. The Hall–Kier alpha value is -0.940. The SMILES string of the molecule is CC(N)C(C)c1nc2cc(Br)c(F)cc2[nH]1. The van der Waals surface area contributed by atoms with Crippen LogP contribution in [0.15, 0.2) is 16.6 Å². The lowest BCUT2D eigenvalue weighted by atomic mass is 10.0. The van der Waals surface area contributed by atoms with Gasteiger partial charge in [-0.2, -0.15) is 0 Å². The fourth-order valence-electron chi connectivity index (χ4n) is 1.49. The Balaban J connectivity index is 2.52. The number of aromatic amines is 1. The maximum atomic E-state index is 13.3. The van der Waals surface area contributed by atoms with Crippen LogP contribution in [0.1, 0.15) is 25.6 Å². The third-order valence-corrected chi connectivity index (χ3v) is 3.37. The predicted molar refractivity (Wildman–Crippen MR) is 65.8 cm³/mol. The molecular weight excluding hydrogens is 273 g/mol. The van der Waals surface area contributed by atoms with E-state index in [-0.39, 0.29) is 17.8 Å². The molecule has 2 aromatic rings. The van der Waals surface area contributed by atoms with Crippen molar-refractivity contribution in [3.63, 3.8) is 0 Å². The summed E-state index contributed by atoms with van der Waals surface area (Å²) < 4.78 is 13.7. The Bertz CT molecular complexity index is 482. The van der Waals surface area contributed by atoms with E-state index in [4.69, 9.17) is 5.73 Å². The molecule has 16 heavy (non-hydrogen) atoms.